The monoisotopic (exact) mass is 465 g/mol. The minimum atomic E-state index is -0.765. The number of carbonyl (C=O) groups is 2. The fourth-order valence-electron chi connectivity index (χ4n) is 3.95. The van der Waals surface area contributed by atoms with Gasteiger partial charge >= 0.3 is 5.97 Å². The van der Waals surface area contributed by atoms with Crippen molar-refractivity contribution in [2.45, 2.75) is 78.1 Å². The van der Waals surface area contributed by atoms with Crippen molar-refractivity contribution in [3.63, 3.8) is 0 Å². The molecule has 1 aliphatic heterocycles. The summed E-state index contributed by atoms with van der Waals surface area (Å²) in [5, 5.41) is 0. The molecule has 2 rings (SSSR count). The summed E-state index contributed by atoms with van der Waals surface area (Å²) in [6.07, 6.45) is 2.29. The van der Waals surface area contributed by atoms with Crippen LogP contribution in [0.15, 0.2) is 24.3 Å². The first-order chi connectivity index (χ1) is 14.9. The number of esters is 1. The molecule has 2 unspecified atom stereocenters. The summed E-state index contributed by atoms with van der Waals surface area (Å²) in [6, 6.07) is 7.96. The lowest BCUT2D eigenvalue weighted by atomic mass is 9.75. The van der Waals surface area contributed by atoms with Gasteiger partial charge in [0, 0.05) is 0 Å². The van der Waals surface area contributed by atoms with Gasteiger partial charge in [0.2, 0.25) is 5.91 Å². The molecule has 1 aromatic rings. The Morgan fingerprint density at radius 2 is 1.97 bits per heavy atom. The summed E-state index contributed by atoms with van der Waals surface area (Å²) in [4.78, 5) is 24.1. The summed E-state index contributed by atoms with van der Waals surface area (Å²) >= 11 is 1.59. The molecule has 0 radical (unpaired) electrons. The predicted octanol–water partition coefficient (Wildman–Crippen LogP) is 4.75. The van der Waals surface area contributed by atoms with Crippen molar-refractivity contribution in [1.29, 1.82) is 0 Å². The summed E-state index contributed by atoms with van der Waals surface area (Å²) in [5.74, 6) is 0.114. The van der Waals surface area contributed by atoms with E-state index in [9.17, 15) is 9.59 Å². The van der Waals surface area contributed by atoms with Crippen LogP contribution in [0.1, 0.15) is 78.0 Å². The topological polar surface area (TPSA) is 87.9 Å². The molecule has 180 valence electrons. The van der Waals surface area contributed by atoms with E-state index in [-0.39, 0.29) is 23.4 Å². The van der Waals surface area contributed by atoms with E-state index < -0.39 is 11.2 Å². The van der Waals surface area contributed by atoms with Crippen LogP contribution in [0.4, 0.5) is 0 Å². The van der Waals surface area contributed by atoms with Crippen LogP contribution in [0.2, 0.25) is 0 Å². The number of rotatable bonds is 12. The highest BCUT2D eigenvalue weighted by Gasteiger charge is 2.36. The van der Waals surface area contributed by atoms with Gasteiger partial charge in [0.05, 0.1) is 24.4 Å². The van der Waals surface area contributed by atoms with Gasteiger partial charge < -0.3 is 19.9 Å². The van der Waals surface area contributed by atoms with Crippen molar-refractivity contribution < 1.29 is 23.8 Å². The molecule has 0 saturated carbocycles. The minimum absolute atomic E-state index is 0.0399. The van der Waals surface area contributed by atoms with Gasteiger partial charge in [-0.05, 0) is 62.8 Å². The quantitative estimate of drug-likeness (QED) is 0.448. The second kappa shape index (κ2) is 11.0. The fraction of sp³-hybridized carbons (Fsp3) is 0.680. The zero-order valence-corrected chi connectivity index (χ0v) is 21.2. The first-order valence-corrected chi connectivity index (χ1v) is 12.5. The van der Waals surface area contributed by atoms with Crippen LogP contribution in [-0.2, 0) is 29.2 Å². The van der Waals surface area contributed by atoms with E-state index >= 15 is 0 Å². The molecule has 2 atom stereocenters. The molecule has 1 amide bonds. The minimum Gasteiger partial charge on any atom is -0.465 e. The molecule has 0 spiro atoms. The van der Waals surface area contributed by atoms with Crippen LogP contribution in [0.3, 0.4) is 0 Å². The maximum atomic E-state index is 12.5. The lowest BCUT2D eigenvalue weighted by molar-refractivity contribution is -0.140. The van der Waals surface area contributed by atoms with Gasteiger partial charge in [-0.15, -0.1) is 11.8 Å². The number of hydrogen-bond donors (Lipinski definition) is 1. The summed E-state index contributed by atoms with van der Waals surface area (Å²) in [6.45, 7) is 12.8. The van der Waals surface area contributed by atoms with Gasteiger partial charge in [0.25, 0.3) is 0 Å². The molecule has 2 N–H and O–H groups in total. The average Bonchev–Trinajstić information content (AvgIpc) is 3.07. The molecule has 0 aliphatic carbocycles. The van der Waals surface area contributed by atoms with Gasteiger partial charge in [0.15, 0.2) is 5.79 Å². The number of carbonyl (C=O) groups excluding carboxylic acids is 2. The molecule has 1 aliphatic rings. The highest BCUT2D eigenvalue weighted by Crippen LogP contribution is 2.37. The van der Waals surface area contributed by atoms with Crippen molar-refractivity contribution in [3.05, 3.63) is 35.4 Å². The van der Waals surface area contributed by atoms with Crippen LogP contribution < -0.4 is 5.73 Å². The molecular weight excluding hydrogens is 426 g/mol. The molecule has 6 nitrogen and oxygen atoms in total. The highest BCUT2D eigenvalue weighted by molar-refractivity contribution is 7.99. The number of nitrogens with two attached hydrogens (primary N) is 1. The molecule has 0 bridgehead atoms. The third kappa shape index (κ3) is 7.49. The SMILES string of the molecule is CCOC(=O)CSCC(C)(C)CCCC(C)(C(N)=O)c1cccc(C2COC(C)(C)O2)c1. The van der Waals surface area contributed by atoms with Crippen molar-refractivity contribution >= 4 is 23.6 Å². The summed E-state index contributed by atoms with van der Waals surface area (Å²) < 4.78 is 16.7. The van der Waals surface area contributed by atoms with Gasteiger partial charge in [-0.3, -0.25) is 9.59 Å². The Morgan fingerprint density at radius 1 is 1.25 bits per heavy atom. The third-order valence-corrected chi connectivity index (χ3v) is 7.42. The van der Waals surface area contributed by atoms with Crippen LogP contribution in [0, 0.1) is 5.41 Å². The van der Waals surface area contributed by atoms with Crippen LogP contribution in [0.25, 0.3) is 0 Å². The fourth-order valence-corrected chi connectivity index (χ4v) is 5.00. The first kappa shape index (κ1) is 26.7. The average molecular weight is 466 g/mol. The highest BCUT2D eigenvalue weighted by atomic mass is 32.2. The molecule has 0 aromatic heterocycles. The Labute approximate surface area is 196 Å². The summed E-state index contributed by atoms with van der Waals surface area (Å²) in [7, 11) is 0. The van der Waals surface area contributed by atoms with Gasteiger partial charge in [-0.2, -0.15) is 0 Å². The normalized spacial score (nSPS) is 20.0. The standard InChI is InChI=1S/C25H39NO5S/c1-7-29-21(27)16-32-17-23(2,3)12-9-13-25(6,22(26)28)19-11-8-10-18(14-19)20-15-30-24(4,5)31-20/h8,10-11,14,20H,7,9,12-13,15-17H2,1-6H3,(H2,26,28). The maximum absolute atomic E-state index is 12.5. The third-order valence-electron chi connectivity index (χ3n) is 6.00. The number of hydrogen-bond acceptors (Lipinski definition) is 6. The van der Waals surface area contributed by atoms with Gasteiger partial charge in [-0.1, -0.05) is 44.5 Å². The number of benzene rings is 1. The van der Waals surface area contributed by atoms with E-state index in [4.69, 9.17) is 19.9 Å². The first-order valence-electron chi connectivity index (χ1n) is 11.3. The van der Waals surface area contributed by atoms with Crippen molar-refractivity contribution in [1.82, 2.24) is 0 Å². The number of amides is 1. The van der Waals surface area contributed by atoms with E-state index in [1.807, 2.05) is 52.0 Å². The summed E-state index contributed by atoms with van der Waals surface area (Å²) in [5.41, 5.74) is 7.07. The predicted molar refractivity (Wildman–Crippen MR) is 128 cm³/mol. The van der Waals surface area contributed by atoms with Crippen molar-refractivity contribution in [2.75, 3.05) is 24.7 Å². The van der Waals surface area contributed by atoms with E-state index in [2.05, 4.69) is 13.8 Å². The van der Waals surface area contributed by atoms with Gasteiger partial charge in [0.1, 0.15) is 6.10 Å². The Morgan fingerprint density at radius 3 is 2.56 bits per heavy atom. The second-order valence-corrected chi connectivity index (χ2v) is 10.9. The lowest BCUT2D eigenvalue weighted by Gasteiger charge is -2.30. The zero-order chi connectivity index (χ0) is 24.0. The molecule has 32 heavy (non-hydrogen) atoms. The van der Waals surface area contributed by atoms with E-state index in [1.54, 1.807) is 11.8 Å². The van der Waals surface area contributed by atoms with Crippen molar-refractivity contribution in [2.24, 2.45) is 11.1 Å². The smallest absolute Gasteiger partial charge is 0.315 e. The molecule has 1 aromatic carbocycles. The lowest BCUT2D eigenvalue weighted by Crippen LogP contribution is -2.39. The maximum Gasteiger partial charge on any atom is 0.315 e. The second-order valence-electron chi connectivity index (χ2n) is 9.95. The van der Waals surface area contributed by atoms with Crippen LogP contribution in [-0.4, -0.2) is 42.4 Å². The van der Waals surface area contributed by atoms with Crippen molar-refractivity contribution in [3.8, 4) is 0 Å². The number of primary amides is 1. The molecule has 7 heteroatoms. The zero-order valence-electron chi connectivity index (χ0n) is 20.4. The molecule has 1 fully saturated rings. The Hall–Kier alpha value is -1.57. The largest absolute Gasteiger partial charge is 0.465 e. The van der Waals surface area contributed by atoms with E-state index in [1.165, 1.54) is 0 Å². The Kier molecular flexibility index (Phi) is 9.20. The van der Waals surface area contributed by atoms with Crippen LogP contribution in [0.5, 0.6) is 0 Å². The Balaban J connectivity index is 1.99. The molecule has 1 saturated heterocycles. The number of ether oxygens (including phenoxy) is 3. The van der Waals surface area contributed by atoms with E-state index in [0.29, 0.717) is 25.4 Å². The van der Waals surface area contributed by atoms with Gasteiger partial charge in [-0.25, -0.2) is 0 Å². The van der Waals surface area contributed by atoms with Crippen LogP contribution >= 0.6 is 11.8 Å². The Bertz CT molecular complexity index is 794. The number of thioether (sulfide) groups is 1. The molecular formula is C25H39NO5S. The molecule has 1 heterocycles. The van der Waals surface area contributed by atoms with E-state index in [0.717, 1.165) is 29.7 Å².